The van der Waals surface area contributed by atoms with Gasteiger partial charge in [-0.25, -0.2) is 9.07 Å². The van der Waals surface area contributed by atoms with Gasteiger partial charge in [-0.05, 0) is 42.5 Å². The number of hydrogen-bond acceptors (Lipinski definition) is 5. The number of rotatable bonds is 6. The van der Waals surface area contributed by atoms with E-state index in [9.17, 15) is 9.18 Å². The monoisotopic (exact) mass is 412 g/mol. The molecule has 2 heterocycles. The van der Waals surface area contributed by atoms with Crippen LogP contribution in [-0.2, 0) is 6.73 Å². The van der Waals surface area contributed by atoms with Crippen molar-refractivity contribution in [2.24, 2.45) is 0 Å². The summed E-state index contributed by atoms with van der Waals surface area (Å²) in [6.45, 7) is 0.148. The van der Waals surface area contributed by atoms with Crippen molar-refractivity contribution in [3.8, 4) is 17.1 Å². The molecule has 4 aromatic rings. The van der Waals surface area contributed by atoms with E-state index in [1.54, 1.807) is 42.6 Å². The van der Waals surface area contributed by atoms with Crippen molar-refractivity contribution < 1.29 is 18.4 Å². The van der Waals surface area contributed by atoms with Crippen molar-refractivity contribution >= 4 is 23.2 Å². The molecule has 0 fully saturated rings. The molecule has 0 saturated heterocycles. The largest absolute Gasteiger partial charge is 0.471 e. The number of anilines is 1. The second-order valence-electron chi connectivity index (χ2n) is 6.04. The van der Waals surface area contributed by atoms with Gasteiger partial charge in [-0.2, -0.15) is 5.10 Å². The molecule has 146 valence electrons. The second-order valence-corrected chi connectivity index (χ2v) is 6.47. The van der Waals surface area contributed by atoms with E-state index in [-0.39, 0.29) is 18.2 Å². The minimum absolute atomic E-state index is 0.0900. The highest BCUT2D eigenvalue weighted by Crippen LogP contribution is 2.21. The maximum Gasteiger partial charge on any atom is 0.277 e. The Morgan fingerprint density at radius 1 is 1.21 bits per heavy atom. The second kappa shape index (κ2) is 8.15. The SMILES string of the molecule is O=C(Nc1cnn(COc2cccc(Cl)c2)c1)c1cc(-c2ccc(F)cc2)on1. The van der Waals surface area contributed by atoms with Crippen LogP contribution >= 0.6 is 11.6 Å². The molecule has 0 aliphatic heterocycles. The Kier molecular flexibility index (Phi) is 5.26. The van der Waals surface area contributed by atoms with Gasteiger partial charge in [0.15, 0.2) is 18.2 Å². The van der Waals surface area contributed by atoms with E-state index in [4.69, 9.17) is 20.9 Å². The summed E-state index contributed by atoms with van der Waals surface area (Å²) in [5.41, 5.74) is 1.17. The average molecular weight is 413 g/mol. The molecule has 0 aliphatic rings. The first-order valence-electron chi connectivity index (χ1n) is 8.52. The van der Waals surface area contributed by atoms with Gasteiger partial charge in [-0.15, -0.1) is 0 Å². The fourth-order valence-electron chi connectivity index (χ4n) is 2.52. The van der Waals surface area contributed by atoms with Crippen molar-refractivity contribution in [1.82, 2.24) is 14.9 Å². The van der Waals surface area contributed by atoms with Crippen LogP contribution in [0.2, 0.25) is 5.02 Å². The van der Waals surface area contributed by atoms with Crippen LogP contribution in [0.4, 0.5) is 10.1 Å². The lowest BCUT2D eigenvalue weighted by Gasteiger charge is -2.06. The summed E-state index contributed by atoms with van der Waals surface area (Å²) < 4.78 is 25.3. The first-order chi connectivity index (χ1) is 14.1. The fourth-order valence-corrected chi connectivity index (χ4v) is 2.70. The molecule has 4 rings (SSSR count). The third kappa shape index (κ3) is 4.61. The minimum atomic E-state index is -0.461. The lowest BCUT2D eigenvalue weighted by molar-refractivity contribution is 0.101. The lowest BCUT2D eigenvalue weighted by atomic mass is 10.1. The van der Waals surface area contributed by atoms with Crippen molar-refractivity contribution in [1.29, 1.82) is 0 Å². The van der Waals surface area contributed by atoms with E-state index in [1.807, 2.05) is 0 Å². The maximum absolute atomic E-state index is 13.0. The molecule has 0 aliphatic carbocycles. The van der Waals surface area contributed by atoms with Gasteiger partial charge in [0.1, 0.15) is 11.6 Å². The summed E-state index contributed by atoms with van der Waals surface area (Å²) >= 11 is 5.91. The summed E-state index contributed by atoms with van der Waals surface area (Å²) in [5.74, 6) is 0.148. The highest BCUT2D eigenvalue weighted by molar-refractivity contribution is 6.30. The molecule has 2 aromatic heterocycles. The van der Waals surface area contributed by atoms with E-state index < -0.39 is 5.91 Å². The number of ether oxygens (including phenoxy) is 1. The first kappa shape index (κ1) is 18.7. The molecular formula is C20H14ClFN4O3. The fraction of sp³-hybridized carbons (Fsp3) is 0.0500. The zero-order chi connectivity index (χ0) is 20.2. The topological polar surface area (TPSA) is 82.2 Å². The van der Waals surface area contributed by atoms with Crippen molar-refractivity contribution in [3.05, 3.63) is 83.5 Å². The van der Waals surface area contributed by atoms with Gasteiger partial charge >= 0.3 is 0 Å². The molecule has 9 heteroatoms. The van der Waals surface area contributed by atoms with Gasteiger partial charge in [0, 0.05) is 16.7 Å². The molecule has 0 atom stereocenters. The molecule has 2 aromatic carbocycles. The van der Waals surface area contributed by atoms with Gasteiger partial charge in [-0.3, -0.25) is 4.79 Å². The molecule has 1 amide bonds. The van der Waals surface area contributed by atoms with Gasteiger partial charge in [-0.1, -0.05) is 22.8 Å². The van der Waals surface area contributed by atoms with Gasteiger partial charge in [0.25, 0.3) is 5.91 Å². The number of nitrogens with one attached hydrogen (secondary N) is 1. The predicted octanol–water partition coefficient (Wildman–Crippen LogP) is 4.62. The summed E-state index contributed by atoms with van der Waals surface area (Å²) in [6.07, 6.45) is 3.10. The van der Waals surface area contributed by atoms with E-state index >= 15 is 0 Å². The number of carbonyl (C=O) groups is 1. The van der Waals surface area contributed by atoms with E-state index in [0.717, 1.165) is 0 Å². The number of hydrogen-bond donors (Lipinski definition) is 1. The third-order valence-electron chi connectivity index (χ3n) is 3.92. The molecule has 0 bridgehead atoms. The normalized spacial score (nSPS) is 10.7. The molecule has 0 unspecified atom stereocenters. The smallest absolute Gasteiger partial charge is 0.277 e. The first-order valence-corrected chi connectivity index (χ1v) is 8.89. The summed E-state index contributed by atoms with van der Waals surface area (Å²) in [6, 6.07) is 14.2. The van der Waals surface area contributed by atoms with E-state index in [0.29, 0.717) is 27.8 Å². The van der Waals surface area contributed by atoms with Gasteiger partial charge in [0.05, 0.1) is 18.1 Å². The predicted molar refractivity (Wildman–Crippen MR) is 104 cm³/mol. The molecule has 0 spiro atoms. The third-order valence-corrected chi connectivity index (χ3v) is 4.16. The highest BCUT2D eigenvalue weighted by atomic mass is 35.5. The zero-order valence-electron chi connectivity index (χ0n) is 14.9. The van der Waals surface area contributed by atoms with Crippen LogP contribution in [0, 0.1) is 5.82 Å². The number of benzene rings is 2. The average Bonchev–Trinajstić information content (AvgIpc) is 3.37. The van der Waals surface area contributed by atoms with Gasteiger partial charge in [0.2, 0.25) is 0 Å². The van der Waals surface area contributed by atoms with Crippen LogP contribution in [0.15, 0.2) is 71.5 Å². The summed E-state index contributed by atoms with van der Waals surface area (Å²) in [4.78, 5) is 12.4. The Bertz CT molecular complexity index is 1140. The molecular weight excluding hydrogens is 399 g/mol. The standard InChI is InChI=1S/C20H14ClFN4O3/c21-14-2-1-3-17(8-14)28-12-26-11-16(10-23-26)24-20(27)18-9-19(29-25-18)13-4-6-15(22)7-5-13/h1-11H,12H2,(H,24,27). The molecule has 7 nitrogen and oxygen atoms in total. The van der Waals surface area contributed by atoms with E-state index in [2.05, 4.69) is 15.6 Å². The van der Waals surface area contributed by atoms with Crippen LogP contribution in [0.5, 0.6) is 5.75 Å². The summed E-state index contributed by atoms with van der Waals surface area (Å²) in [7, 11) is 0. The van der Waals surface area contributed by atoms with Crippen molar-refractivity contribution in [3.63, 3.8) is 0 Å². The minimum Gasteiger partial charge on any atom is -0.471 e. The zero-order valence-corrected chi connectivity index (χ0v) is 15.6. The lowest BCUT2D eigenvalue weighted by Crippen LogP contribution is -2.11. The highest BCUT2D eigenvalue weighted by Gasteiger charge is 2.15. The summed E-state index contributed by atoms with van der Waals surface area (Å²) in [5, 5.41) is 11.1. The van der Waals surface area contributed by atoms with Crippen LogP contribution in [0.25, 0.3) is 11.3 Å². The van der Waals surface area contributed by atoms with Crippen molar-refractivity contribution in [2.45, 2.75) is 6.73 Å². The number of aromatic nitrogens is 3. The van der Waals surface area contributed by atoms with Crippen LogP contribution in [-0.4, -0.2) is 20.8 Å². The Morgan fingerprint density at radius 2 is 2.03 bits per heavy atom. The quantitative estimate of drug-likeness (QED) is 0.499. The molecule has 0 saturated carbocycles. The number of amides is 1. The number of carbonyl (C=O) groups excluding carboxylic acids is 1. The molecule has 29 heavy (non-hydrogen) atoms. The maximum atomic E-state index is 13.0. The van der Waals surface area contributed by atoms with Crippen LogP contribution in [0.3, 0.4) is 0 Å². The number of halogens is 2. The van der Waals surface area contributed by atoms with Crippen LogP contribution in [0.1, 0.15) is 10.5 Å². The molecule has 0 radical (unpaired) electrons. The Labute approximate surface area is 169 Å². The van der Waals surface area contributed by atoms with Gasteiger partial charge < -0.3 is 14.6 Å². The number of nitrogens with zero attached hydrogens (tertiary/aromatic N) is 3. The van der Waals surface area contributed by atoms with Crippen LogP contribution < -0.4 is 10.1 Å². The Morgan fingerprint density at radius 3 is 2.83 bits per heavy atom. The molecule has 1 N–H and O–H groups in total. The Hall–Kier alpha value is -3.65. The Balaban J connectivity index is 1.37. The van der Waals surface area contributed by atoms with E-state index in [1.165, 1.54) is 29.1 Å². The van der Waals surface area contributed by atoms with Crippen molar-refractivity contribution in [2.75, 3.05) is 5.32 Å².